The van der Waals surface area contributed by atoms with Crippen molar-refractivity contribution < 1.29 is 14.4 Å². The van der Waals surface area contributed by atoms with Crippen molar-refractivity contribution in [1.82, 2.24) is 15.1 Å². The summed E-state index contributed by atoms with van der Waals surface area (Å²) in [4.78, 5) is 39.8. The van der Waals surface area contributed by atoms with Crippen LogP contribution in [-0.4, -0.2) is 47.2 Å². The van der Waals surface area contributed by atoms with Crippen LogP contribution in [0.3, 0.4) is 0 Å². The molecule has 7 heteroatoms. The van der Waals surface area contributed by atoms with Gasteiger partial charge in [-0.15, -0.1) is 0 Å². The van der Waals surface area contributed by atoms with Crippen molar-refractivity contribution in [3.05, 3.63) is 70.2 Å². The summed E-state index contributed by atoms with van der Waals surface area (Å²) in [6.45, 7) is 6.53. The molecule has 0 spiro atoms. The summed E-state index contributed by atoms with van der Waals surface area (Å²) >= 11 is 6.43. The van der Waals surface area contributed by atoms with Crippen molar-refractivity contribution in [2.75, 3.05) is 19.6 Å². The molecule has 1 saturated heterocycles. The predicted octanol–water partition coefficient (Wildman–Crippen LogP) is 3.80. The smallest absolute Gasteiger partial charge is 0.251 e. The van der Waals surface area contributed by atoms with Gasteiger partial charge in [-0.3, -0.25) is 24.2 Å². The van der Waals surface area contributed by atoms with E-state index in [0.717, 1.165) is 24.2 Å². The summed E-state index contributed by atoms with van der Waals surface area (Å²) in [6, 6.07) is 14.7. The summed E-state index contributed by atoms with van der Waals surface area (Å²) in [6.07, 6.45) is 0.552. The van der Waals surface area contributed by atoms with Crippen molar-refractivity contribution in [3.63, 3.8) is 0 Å². The number of rotatable bonds is 9. The number of likely N-dealkylation sites (tertiary alicyclic amines) is 1. The maximum Gasteiger partial charge on any atom is 0.251 e. The Balaban J connectivity index is 1.66. The first kappa shape index (κ1) is 23.0. The zero-order valence-electron chi connectivity index (χ0n) is 17.9. The molecule has 2 aromatic rings. The molecule has 0 bridgehead atoms. The van der Waals surface area contributed by atoms with Crippen LogP contribution < -0.4 is 5.32 Å². The molecule has 1 N–H and O–H groups in total. The van der Waals surface area contributed by atoms with Crippen molar-refractivity contribution in [3.8, 4) is 0 Å². The fourth-order valence-corrected chi connectivity index (χ4v) is 4.14. The molecule has 1 aliphatic heterocycles. The molecule has 31 heavy (non-hydrogen) atoms. The largest absolute Gasteiger partial charge is 0.350 e. The van der Waals surface area contributed by atoms with E-state index in [1.165, 1.54) is 4.90 Å². The summed E-state index contributed by atoms with van der Waals surface area (Å²) < 4.78 is 0. The monoisotopic (exact) mass is 441 g/mol. The van der Waals surface area contributed by atoms with Crippen LogP contribution in [0.5, 0.6) is 0 Å². The minimum atomic E-state index is -0.177. The second kappa shape index (κ2) is 10.6. The van der Waals surface area contributed by atoms with Gasteiger partial charge in [0.1, 0.15) is 0 Å². The lowest BCUT2D eigenvalue weighted by molar-refractivity contribution is -0.139. The summed E-state index contributed by atoms with van der Waals surface area (Å²) in [5.74, 6) is -0.466. The van der Waals surface area contributed by atoms with Crippen molar-refractivity contribution in [1.29, 1.82) is 0 Å². The fourth-order valence-electron chi connectivity index (χ4n) is 3.88. The summed E-state index contributed by atoms with van der Waals surface area (Å²) in [7, 11) is 0. The lowest BCUT2D eigenvalue weighted by atomic mass is 10.0. The summed E-state index contributed by atoms with van der Waals surface area (Å²) in [5, 5.41) is 3.71. The average molecular weight is 442 g/mol. The Morgan fingerprint density at radius 1 is 1.03 bits per heavy atom. The van der Waals surface area contributed by atoms with Gasteiger partial charge in [0.2, 0.25) is 11.8 Å². The third-order valence-electron chi connectivity index (χ3n) is 5.68. The lowest BCUT2D eigenvalue weighted by Gasteiger charge is -2.31. The standard InChI is InChI=1S/C24H28ClN3O3/c1-3-27(4-2)21(19-7-5-6-8-20(19)25)15-26-24(31)18-11-9-17(10-12-18)16-28-22(29)13-14-23(28)30/h5-12,21H,3-4,13-16H2,1-2H3,(H,26,31). The van der Waals surface area contributed by atoms with Crippen molar-refractivity contribution in [2.45, 2.75) is 39.3 Å². The molecule has 0 aliphatic carbocycles. The molecular weight excluding hydrogens is 414 g/mol. The fraction of sp³-hybridized carbons (Fsp3) is 0.375. The molecule has 3 rings (SSSR count). The minimum absolute atomic E-state index is 0.0286. The van der Waals surface area contributed by atoms with Gasteiger partial charge in [-0.2, -0.15) is 0 Å². The Bertz CT molecular complexity index is 925. The first-order chi connectivity index (χ1) is 14.9. The number of imide groups is 1. The Morgan fingerprint density at radius 3 is 2.23 bits per heavy atom. The molecule has 1 fully saturated rings. The Labute approximate surface area is 188 Å². The molecule has 6 nitrogen and oxygen atoms in total. The van der Waals surface area contributed by atoms with Crippen LogP contribution in [0.25, 0.3) is 0 Å². The normalized spacial score (nSPS) is 14.9. The van der Waals surface area contributed by atoms with Crippen LogP contribution in [0, 0.1) is 0 Å². The third kappa shape index (κ3) is 5.51. The maximum atomic E-state index is 12.7. The van der Waals surface area contributed by atoms with Crippen LogP contribution in [0.15, 0.2) is 48.5 Å². The van der Waals surface area contributed by atoms with E-state index in [9.17, 15) is 14.4 Å². The van der Waals surface area contributed by atoms with E-state index in [2.05, 4.69) is 24.1 Å². The van der Waals surface area contributed by atoms with Gasteiger partial charge in [0.05, 0.1) is 12.6 Å². The number of benzene rings is 2. The lowest BCUT2D eigenvalue weighted by Crippen LogP contribution is -2.38. The van der Waals surface area contributed by atoms with E-state index >= 15 is 0 Å². The highest BCUT2D eigenvalue weighted by molar-refractivity contribution is 6.31. The quantitative estimate of drug-likeness (QED) is 0.601. The average Bonchev–Trinajstić information content (AvgIpc) is 3.09. The van der Waals surface area contributed by atoms with Crippen LogP contribution in [0.4, 0.5) is 0 Å². The first-order valence-corrected chi connectivity index (χ1v) is 11.0. The molecule has 164 valence electrons. The number of halogens is 1. The van der Waals surface area contributed by atoms with Gasteiger partial charge in [0.25, 0.3) is 5.91 Å². The van der Waals surface area contributed by atoms with E-state index in [0.29, 0.717) is 17.1 Å². The first-order valence-electron chi connectivity index (χ1n) is 10.6. The van der Waals surface area contributed by atoms with E-state index < -0.39 is 0 Å². The molecule has 1 unspecified atom stereocenters. The minimum Gasteiger partial charge on any atom is -0.350 e. The number of amides is 3. The van der Waals surface area contributed by atoms with Crippen LogP contribution >= 0.6 is 11.6 Å². The van der Waals surface area contributed by atoms with E-state index in [4.69, 9.17) is 11.6 Å². The number of hydrogen-bond donors (Lipinski definition) is 1. The van der Waals surface area contributed by atoms with Crippen LogP contribution in [-0.2, 0) is 16.1 Å². The second-order valence-corrected chi connectivity index (χ2v) is 7.95. The molecule has 1 heterocycles. The molecule has 2 aromatic carbocycles. The SMILES string of the molecule is CCN(CC)C(CNC(=O)c1ccc(CN2C(=O)CCC2=O)cc1)c1ccccc1Cl. The third-order valence-corrected chi connectivity index (χ3v) is 6.03. The zero-order chi connectivity index (χ0) is 22.4. The van der Waals surface area contributed by atoms with Gasteiger partial charge in [-0.25, -0.2) is 0 Å². The zero-order valence-corrected chi connectivity index (χ0v) is 18.7. The molecule has 1 aliphatic rings. The number of nitrogens with one attached hydrogen (secondary N) is 1. The highest BCUT2D eigenvalue weighted by atomic mass is 35.5. The van der Waals surface area contributed by atoms with Crippen molar-refractivity contribution >= 4 is 29.3 Å². The molecule has 0 radical (unpaired) electrons. The molecule has 3 amide bonds. The van der Waals surface area contributed by atoms with Gasteiger partial charge < -0.3 is 5.32 Å². The second-order valence-electron chi connectivity index (χ2n) is 7.54. The van der Waals surface area contributed by atoms with Crippen LogP contribution in [0.2, 0.25) is 5.02 Å². The summed E-state index contributed by atoms with van der Waals surface area (Å²) in [5.41, 5.74) is 2.33. The molecule has 0 saturated carbocycles. The Morgan fingerprint density at radius 2 is 1.65 bits per heavy atom. The van der Waals surface area contributed by atoms with Crippen molar-refractivity contribution in [2.24, 2.45) is 0 Å². The molecular formula is C24H28ClN3O3. The van der Waals surface area contributed by atoms with E-state index in [1.54, 1.807) is 24.3 Å². The topological polar surface area (TPSA) is 69.7 Å². The number of carbonyl (C=O) groups is 3. The van der Waals surface area contributed by atoms with Gasteiger partial charge in [-0.1, -0.05) is 55.8 Å². The maximum absolute atomic E-state index is 12.7. The van der Waals surface area contributed by atoms with Gasteiger partial charge in [0.15, 0.2) is 0 Å². The van der Waals surface area contributed by atoms with Gasteiger partial charge in [0, 0.05) is 30.0 Å². The Kier molecular flexibility index (Phi) is 7.82. The Hall–Kier alpha value is -2.70. The van der Waals surface area contributed by atoms with E-state index in [-0.39, 0.29) is 43.1 Å². The highest BCUT2D eigenvalue weighted by Gasteiger charge is 2.28. The molecule has 1 atom stereocenters. The molecule has 0 aromatic heterocycles. The number of nitrogens with zero attached hydrogens (tertiary/aromatic N) is 2. The van der Waals surface area contributed by atoms with Gasteiger partial charge >= 0.3 is 0 Å². The predicted molar refractivity (Wildman–Crippen MR) is 121 cm³/mol. The number of carbonyl (C=O) groups excluding carboxylic acids is 3. The van der Waals surface area contributed by atoms with Crippen LogP contribution in [0.1, 0.15) is 54.2 Å². The number of hydrogen-bond acceptors (Lipinski definition) is 4. The highest BCUT2D eigenvalue weighted by Crippen LogP contribution is 2.27. The number of likely N-dealkylation sites (N-methyl/N-ethyl adjacent to an activating group) is 1. The van der Waals surface area contributed by atoms with E-state index in [1.807, 2.05) is 24.3 Å². The van der Waals surface area contributed by atoms with Gasteiger partial charge in [-0.05, 0) is 42.4 Å².